The zero-order valence-corrected chi connectivity index (χ0v) is 29.2. The Bertz CT molecular complexity index is 1150. The van der Waals surface area contributed by atoms with E-state index in [0.29, 0.717) is 11.4 Å². The molecule has 12 nitrogen and oxygen atoms in total. The highest BCUT2D eigenvalue weighted by atomic mass is 32.1. The van der Waals surface area contributed by atoms with Crippen LogP contribution in [0, 0.1) is 17.8 Å². The number of ether oxygens (including phenoxy) is 1. The second kappa shape index (κ2) is 16.9. The lowest BCUT2D eigenvalue weighted by atomic mass is 9.92. The maximum Gasteiger partial charge on any atom is 0.306 e. The predicted octanol–water partition coefficient (Wildman–Crippen LogP) is 3.72. The van der Waals surface area contributed by atoms with Crippen LogP contribution in [0.25, 0.3) is 0 Å². The van der Waals surface area contributed by atoms with E-state index in [0.717, 1.165) is 0 Å². The number of nitrogens with zero attached hydrogens (tertiary/aromatic N) is 3. The summed E-state index contributed by atoms with van der Waals surface area (Å²) in [4.78, 5) is 71.2. The van der Waals surface area contributed by atoms with Gasteiger partial charge in [-0.25, -0.2) is 4.98 Å². The van der Waals surface area contributed by atoms with Crippen LogP contribution < -0.4 is 10.6 Å². The summed E-state index contributed by atoms with van der Waals surface area (Å²) in [6, 6.07) is -1.54. The summed E-state index contributed by atoms with van der Waals surface area (Å²) in [5, 5.41) is 16.9. The molecule has 0 aliphatic heterocycles. The van der Waals surface area contributed by atoms with Gasteiger partial charge < -0.3 is 25.4 Å². The Morgan fingerprint density at radius 3 is 2.09 bits per heavy atom. The second-order valence-corrected chi connectivity index (χ2v) is 13.7. The monoisotopic (exact) mass is 639 g/mol. The predicted molar refractivity (Wildman–Crippen MR) is 170 cm³/mol. The number of hydrogen-bond acceptors (Lipinski definition) is 9. The SMILES string of the molecule is CC[C@H](C)[C@H](NC(=O)C(C)(C)N(C)C)C(=O)N(C)[C@H](C[C@@H](OC(C)=O)c1nc(C(=O)NC(C)CC(C)C(=O)O)cs1)C(C)C. The molecule has 0 saturated carbocycles. The van der Waals surface area contributed by atoms with Gasteiger partial charge in [0.1, 0.15) is 16.7 Å². The van der Waals surface area contributed by atoms with Gasteiger partial charge in [-0.15, -0.1) is 11.3 Å². The molecular weight excluding hydrogens is 586 g/mol. The Morgan fingerprint density at radius 2 is 1.61 bits per heavy atom. The molecule has 0 bridgehead atoms. The first-order valence-electron chi connectivity index (χ1n) is 15.2. The van der Waals surface area contributed by atoms with E-state index in [-0.39, 0.29) is 42.2 Å². The molecule has 0 saturated heterocycles. The smallest absolute Gasteiger partial charge is 0.306 e. The van der Waals surface area contributed by atoms with Crippen molar-refractivity contribution in [2.75, 3.05) is 21.1 Å². The zero-order valence-electron chi connectivity index (χ0n) is 28.4. The van der Waals surface area contributed by atoms with Gasteiger partial charge in [0.2, 0.25) is 11.8 Å². The normalized spacial score (nSPS) is 16.0. The fourth-order valence-electron chi connectivity index (χ4n) is 4.61. The van der Waals surface area contributed by atoms with Crippen molar-refractivity contribution in [1.82, 2.24) is 25.4 Å². The van der Waals surface area contributed by atoms with Gasteiger partial charge in [0.15, 0.2) is 6.10 Å². The number of carbonyl (C=O) groups excluding carboxylic acids is 4. The minimum absolute atomic E-state index is 0.0479. The van der Waals surface area contributed by atoms with Crippen molar-refractivity contribution >= 4 is 41.0 Å². The highest BCUT2D eigenvalue weighted by Gasteiger charge is 2.38. The summed E-state index contributed by atoms with van der Waals surface area (Å²) in [5.74, 6) is -3.23. The number of carbonyl (C=O) groups is 5. The van der Waals surface area contributed by atoms with Gasteiger partial charge in [0.25, 0.3) is 5.91 Å². The first-order valence-corrected chi connectivity index (χ1v) is 16.0. The van der Waals surface area contributed by atoms with Gasteiger partial charge in [-0.2, -0.15) is 0 Å². The Balaban J connectivity index is 3.25. The molecule has 1 aromatic rings. The number of carboxylic acids is 1. The lowest BCUT2D eigenvalue weighted by molar-refractivity contribution is -0.149. The summed E-state index contributed by atoms with van der Waals surface area (Å²) in [6.07, 6.45) is 0.336. The van der Waals surface area contributed by atoms with E-state index in [1.165, 1.54) is 18.3 Å². The quantitative estimate of drug-likeness (QED) is 0.216. The van der Waals surface area contributed by atoms with E-state index in [2.05, 4.69) is 15.6 Å². The van der Waals surface area contributed by atoms with Crippen molar-refractivity contribution < 1.29 is 33.8 Å². The third-order valence-electron chi connectivity index (χ3n) is 8.35. The number of thiazole rings is 1. The number of aromatic nitrogens is 1. The third-order valence-corrected chi connectivity index (χ3v) is 9.29. The number of hydrogen-bond donors (Lipinski definition) is 3. The zero-order chi connectivity index (χ0) is 34.1. The fourth-order valence-corrected chi connectivity index (χ4v) is 5.45. The summed E-state index contributed by atoms with van der Waals surface area (Å²) in [5.41, 5.74) is -0.700. The first kappa shape index (κ1) is 39.0. The number of rotatable bonds is 17. The number of carboxylic acid groups (broad SMARTS) is 1. The molecule has 2 unspecified atom stereocenters. The topological polar surface area (TPSA) is 158 Å². The Hall–Kier alpha value is -3.06. The van der Waals surface area contributed by atoms with Crippen molar-refractivity contribution in [3.8, 4) is 0 Å². The lowest BCUT2D eigenvalue weighted by Gasteiger charge is -2.38. The van der Waals surface area contributed by atoms with Crippen molar-refractivity contribution in [3.05, 3.63) is 16.1 Å². The average molecular weight is 640 g/mol. The molecule has 0 radical (unpaired) electrons. The molecule has 3 N–H and O–H groups in total. The van der Waals surface area contributed by atoms with E-state index < -0.39 is 53.5 Å². The molecule has 1 aromatic heterocycles. The highest BCUT2D eigenvalue weighted by Crippen LogP contribution is 2.31. The minimum atomic E-state index is -0.940. The van der Waals surface area contributed by atoms with E-state index in [1.807, 2.05) is 41.8 Å². The Labute approximate surface area is 266 Å². The molecule has 1 heterocycles. The van der Waals surface area contributed by atoms with E-state index in [1.54, 1.807) is 49.9 Å². The van der Waals surface area contributed by atoms with Crippen molar-refractivity contribution in [1.29, 1.82) is 0 Å². The lowest BCUT2D eigenvalue weighted by Crippen LogP contribution is -2.60. The van der Waals surface area contributed by atoms with Crippen LogP contribution in [0.1, 0.15) is 103 Å². The van der Waals surface area contributed by atoms with Gasteiger partial charge in [-0.1, -0.05) is 41.0 Å². The van der Waals surface area contributed by atoms with Gasteiger partial charge in [0, 0.05) is 37.9 Å². The van der Waals surface area contributed by atoms with Crippen LogP contribution in [0.2, 0.25) is 0 Å². The second-order valence-electron chi connectivity index (χ2n) is 12.8. The van der Waals surface area contributed by atoms with Crippen molar-refractivity contribution in [2.24, 2.45) is 17.8 Å². The molecule has 44 heavy (non-hydrogen) atoms. The highest BCUT2D eigenvalue weighted by molar-refractivity contribution is 7.09. The molecule has 0 aliphatic carbocycles. The molecule has 13 heteroatoms. The van der Waals surface area contributed by atoms with Crippen LogP contribution in [0.15, 0.2) is 5.38 Å². The first-order chi connectivity index (χ1) is 20.2. The summed E-state index contributed by atoms with van der Waals surface area (Å²) >= 11 is 1.17. The van der Waals surface area contributed by atoms with Crippen LogP contribution in [0.5, 0.6) is 0 Å². The maximum atomic E-state index is 14.0. The van der Waals surface area contributed by atoms with Gasteiger partial charge in [0.05, 0.1) is 11.5 Å². The molecule has 0 spiro atoms. The molecular formula is C31H53N5O7S. The van der Waals surface area contributed by atoms with E-state index in [4.69, 9.17) is 9.84 Å². The largest absolute Gasteiger partial charge is 0.481 e. The van der Waals surface area contributed by atoms with Crippen molar-refractivity contribution in [3.63, 3.8) is 0 Å². The molecule has 6 atom stereocenters. The summed E-state index contributed by atoms with van der Waals surface area (Å²) < 4.78 is 5.66. The van der Waals surface area contributed by atoms with Crippen LogP contribution in [-0.2, 0) is 23.9 Å². The van der Waals surface area contributed by atoms with Gasteiger partial charge in [-0.3, -0.25) is 28.9 Å². The van der Waals surface area contributed by atoms with Crippen LogP contribution >= 0.6 is 11.3 Å². The van der Waals surface area contributed by atoms with Crippen LogP contribution in [-0.4, -0.2) is 94.4 Å². The molecule has 0 aliphatic rings. The third kappa shape index (κ3) is 10.8. The molecule has 250 valence electrons. The number of aliphatic carboxylic acids is 1. The van der Waals surface area contributed by atoms with Crippen molar-refractivity contribution in [2.45, 2.75) is 111 Å². The summed E-state index contributed by atoms with van der Waals surface area (Å²) in [6.45, 7) is 16.0. The van der Waals surface area contributed by atoms with Gasteiger partial charge >= 0.3 is 11.9 Å². The van der Waals surface area contributed by atoms with Crippen LogP contribution in [0.3, 0.4) is 0 Å². The minimum Gasteiger partial charge on any atom is -0.481 e. The average Bonchev–Trinajstić information content (AvgIpc) is 3.42. The van der Waals surface area contributed by atoms with E-state index in [9.17, 15) is 24.0 Å². The molecule has 0 aromatic carbocycles. The number of likely N-dealkylation sites (N-methyl/N-ethyl adjacent to an activating group) is 2. The maximum absolute atomic E-state index is 14.0. The fraction of sp³-hybridized carbons (Fsp3) is 0.742. The Kier molecular flexibility index (Phi) is 14.9. The van der Waals surface area contributed by atoms with Crippen LogP contribution in [0.4, 0.5) is 0 Å². The number of amides is 3. The summed E-state index contributed by atoms with van der Waals surface area (Å²) in [7, 11) is 5.31. The van der Waals surface area contributed by atoms with E-state index >= 15 is 0 Å². The molecule has 3 amide bonds. The molecule has 0 fully saturated rings. The number of esters is 1. The standard InChI is InChI=1S/C31H53N5O7S/c1-13-18(4)25(34-30(42)31(8,9)35(10)11)28(39)36(12)23(17(2)3)15-24(43-21(7)37)27-33-22(16-44-27)26(38)32-20(6)14-19(5)29(40)41/h16-20,23-25H,13-15H2,1-12H3,(H,32,38)(H,34,42)(H,40,41)/t18-,19?,20?,23+,24+,25-/m0/s1. The Morgan fingerprint density at radius 1 is 1.02 bits per heavy atom. The van der Waals surface area contributed by atoms with Gasteiger partial charge in [-0.05, 0) is 53.1 Å². The molecule has 1 rings (SSSR count). The number of nitrogens with one attached hydrogen (secondary N) is 2.